The summed E-state index contributed by atoms with van der Waals surface area (Å²) in [5.41, 5.74) is 2.47. The molecule has 0 atom stereocenters. The monoisotopic (exact) mass is 260 g/mol. The van der Waals surface area contributed by atoms with E-state index in [1.165, 1.54) is 0 Å². The summed E-state index contributed by atoms with van der Waals surface area (Å²) in [4.78, 5) is 0. The fourth-order valence-electron chi connectivity index (χ4n) is 1.27. The number of rotatable bonds is 2. The van der Waals surface area contributed by atoms with E-state index >= 15 is 0 Å². The third-order valence-corrected chi connectivity index (χ3v) is 2.82. The standard InChI is InChI=1S/C10H7Cl3N2/c11-5-7-4-10(15-14-7)8-2-1-6(12)3-9(8)13/h1-4H,5H2,(H,14,15). The van der Waals surface area contributed by atoms with E-state index in [0.29, 0.717) is 15.9 Å². The van der Waals surface area contributed by atoms with E-state index in [-0.39, 0.29) is 0 Å². The molecular formula is C10H7Cl3N2. The van der Waals surface area contributed by atoms with Crippen LogP contribution in [0.15, 0.2) is 24.3 Å². The Morgan fingerprint density at radius 2 is 2.00 bits per heavy atom. The van der Waals surface area contributed by atoms with Gasteiger partial charge in [-0.15, -0.1) is 11.6 Å². The van der Waals surface area contributed by atoms with Crippen LogP contribution in [0.2, 0.25) is 10.0 Å². The third kappa shape index (κ3) is 2.28. The van der Waals surface area contributed by atoms with Gasteiger partial charge in [0.2, 0.25) is 0 Å². The molecule has 0 aliphatic carbocycles. The van der Waals surface area contributed by atoms with E-state index in [2.05, 4.69) is 10.2 Å². The third-order valence-electron chi connectivity index (χ3n) is 1.98. The average molecular weight is 262 g/mol. The molecule has 0 saturated heterocycles. The molecule has 1 aromatic carbocycles. The molecule has 2 rings (SSSR count). The summed E-state index contributed by atoms with van der Waals surface area (Å²) in [6.07, 6.45) is 0. The highest BCUT2D eigenvalue weighted by atomic mass is 35.5. The van der Waals surface area contributed by atoms with Crippen LogP contribution in [0.25, 0.3) is 11.3 Å². The van der Waals surface area contributed by atoms with Gasteiger partial charge in [0, 0.05) is 10.6 Å². The number of alkyl halides is 1. The maximum atomic E-state index is 6.05. The number of aromatic nitrogens is 2. The van der Waals surface area contributed by atoms with Gasteiger partial charge in [-0.3, -0.25) is 5.10 Å². The topological polar surface area (TPSA) is 28.7 Å². The van der Waals surface area contributed by atoms with Crippen LogP contribution in [0.4, 0.5) is 0 Å². The molecule has 0 radical (unpaired) electrons. The number of aromatic amines is 1. The molecule has 1 heterocycles. The van der Waals surface area contributed by atoms with E-state index in [1.54, 1.807) is 12.1 Å². The van der Waals surface area contributed by atoms with Gasteiger partial charge in [-0.2, -0.15) is 5.10 Å². The number of halogens is 3. The summed E-state index contributed by atoms with van der Waals surface area (Å²) >= 11 is 17.5. The SMILES string of the molecule is ClCc1cc(-c2ccc(Cl)cc2Cl)n[nH]1. The number of nitrogens with zero attached hydrogens (tertiary/aromatic N) is 1. The molecule has 1 N–H and O–H groups in total. The molecule has 0 bridgehead atoms. The Kier molecular flexibility index (Phi) is 3.19. The zero-order chi connectivity index (χ0) is 10.8. The summed E-state index contributed by atoms with van der Waals surface area (Å²) in [5, 5.41) is 8.12. The fraction of sp³-hybridized carbons (Fsp3) is 0.100. The minimum absolute atomic E-state index is 0.401. The van der Waals surface area contributed by atoms with Crippen molar-refractivity contribution in [3.63, 3.8) is 0 Å². The summed E-state index contributed by atoms with van der Waals surface area (Å²) < 4.78 is 0. The highest BCUT2D eigenvalue weighted by Gasteiger charge is 2.07. The lowest BCUT2D eigenvalue weighted by molar-refractivity contribution is 1.04. The van der Waals surface area contributed by atoms with E-state index in [0.717, 1.165) is 17.0 Å². The van der Waals surface area contributed by atoms with Gasteiger partial charge in [0.05, 0.1) is 22.3 Å². The predicted octanol–water partition coefficient (Wildman–Crippen LogP) is 4.12. The van der Waals surface area contributed by atoms with E-state index < -0.39 is 0 Å². The summed E-state index contributed by atoms with van der Waals surface area (Å²) in [6, 6.07) is 7.16. The van der Waals surface area contributed by atoms with E-state index in [9.17, 15) is 0 Å². The van der Waals surface area contributed by atoms with Crippen LogP contribution in [0, 0.1) is 0 Å². The van der Waals surface area contributed by atoms with Crippen molar-refractivity contribution in [3.05, 3.63) is 40.0 Å². The molecule has 0 aliphatic heterocycles. The smallest absolute Gasteiger partial charge is 0.0938 e. The minimum atomic E-state index is 0.401. The Balaban J connectivity index is 2.44. The van der Waals surface area contributed by atoms with Crippen LogP contribution in [0.3, 0.4) is 0 Å². The van der Waals surface area contributed by atoms with Crippen molar-refractivity contribution in [2.24, 2.45) is 0 Å². The first-order valence-electron chi connectivity index (χ1n) is 4.26. The molecule has 0 saturated carbocycles. The van der Waals surface area contributed by atoms with Crippen LogP contribution in [-0.4, -0.2) is 10.2 Å². The van der Waals surface area contributed by atoms with Gasteiger partial charge in [0.15, 0.2) is 0 Å². The quantitative estimate of drug-likeness (QED) is 0.809. The first kappa shape index (κ1) is 10.8. The van der Waals surface area contributed by atoms with Gasteiger partial charge < -0.3 is 0 Å². The van der Waals surface area contributed by atoms with E-state index in [1.807, 2.05) is 12.1 Å². The van der Waals surface area contributed by atoms with E-state index in [4.69, 9.17) is 34.8 Å². The second-order valence-electron chi connectivity index (χ2n) is 3.04. The number of benzene rings is 1. The Morgan fingerprint density at radius 1 is 1.20 bits per heavy atom. The normalized spacial score (nSPS) is 10.6. The molecule has 0 spiro atoms. The average Bonchev–Trinajstić information content (AvgIpc) is 2.66. The highest BCUT2D eigenvalue weighted by Crippen LogP contribution is 2.29. The van der Waals surface area contributed by atoms with Crippen molar-refractivity contribution in [2.75, 3.05) is 0 Å². The van der Waals surface area contributed by atoms with Crippen molar-refractivity contribution < 1.29 is 0 Å². The number of hydrogen-bond acceptors (Lipinski definition) is 1. The Labute approximate surface area is 102 Å². The summed E-state index contributed by atoms with van der Waals surface area (Å²) in [5.74, 6) is 0.401. The Bertz CT molecular complexity index is 479. The lowest BCUT2D eigenvalue weighted by Gasteiger charge is -1.99. The number of nitrogens with one attached hydrogen (secondary N) is 1. The first-order chi connectivity index (χ1) is 7.20. The van der Waals surface area contributed by atoms with Crippen molar-refractivity contribution in [2.45, 2.75) is 5.88 Å². The lowest BCUT2D eigenvalue weighted by atomic mass is 10.1. The molecule has 2 nitrogen and oxygen atoms in total. The van der Waals surface area contributed by atoms with Crippen molar-refractivity contribution in [3.8, 4) is 11.3 Å². The van der Waals surface area contributed by atoms with Gasteiger partial charge >= 0.3 is 0 Å². The molecule has 5 heteroatoms. The second-order valence-corrected chi connectivity index (χ2v) is 4.15. The van der Waals surface area contributed by atoms with Crippen molar-refractivity contribution in [1.82, 2.24) is 10.2 Å². The molecule has 1 aromatic heterocycles. The second kappa shape index (κ2) is 4.44. The number of hydrogen-bond donors (Lipinski definition) is 1. The van der Waals surface area contributed by atoms with Crippen molar-refractivity contribution in [1.29, 1.82) is 0 Å². The molecule has 2 aromatic rings. The zero-order valence-electron chi connectivity index (χ0n) is 7.60. The zero-order valence-corrected chi connectivity index (χ0v) is 9.87. The maximum Gasteiger partial charge on any atom is 0.0938 e. The summed E-state index contributed by atoms with van der Waals surface area (Å²) in [7, 11) is 0. The van der Waals surface area contributed by atoms with Gasteiger partial charge in [0.25, 0.3) is 0 Å². The molecular weight excluding hydrogens is 254 g/mol. The first-order valence-corrected chi connectivity index (χ1v) is 5.55. The van der Waals surface area contributed by atoms with Crippen LogP contribution in [0.1, 0.15) is 5.69 Å². The van der Waals surface area contributed by atoms with Gasteiger partial charge in [-0.05, 0) is 24.3 Å². The fourth-order valence-corrected chi connectivity index (χ4v) is 1.91. The molecule has 0 amide bonds. The highest BCUT2D eigenvalue weighted by molar-refractivity contribution is 6.36. The van der Waals surface area contributed by atoms with Gasteiger partial charge in [-0.25, -0.2) is 0 Å². The summed E-state index contributed by atoms with van der Waals surface area (Å²) in [6.45, 7) is 0. The van der Waals surface area contributed by atoms with Gasteiger partial charge in [0.1, 0.15) is 0 Å². The molecule has 0 unspecified atom stereocenters. The Morgan fingerprint density at radius 3 is 2.60 bits per heavy atom. The van der Waals surface area contributed by atoms with Crippen LogP contribution >= 0.6 is 34.8 Å². The predicted molar refractivity (Wildman–Crippen MR) is 63.6 cm³/mol. The van der Waals surface area contributed by atoms with Crippen LogP contribution in [0.5, 0.6) is 0 Å². The van der Waals surface area contributed by atoms with Gasteiger partial charge in [-0.1, -0.05) is 23.2 Å². The minimum Gasteiger partial charge on any atom is -0.281 e. The molecule has 15 heavy (non-hydrogen) atoms. The van der Waals surface area contributed by atoms with Crippen LogP contribution < -0.4 is 0 Å². The molecule has 0 aliphatic rings. The largest absolute Gasteiger partial charge is 0.281 e. The maximum absolute atomic E-state index is 6.05. The number of H-pyrrole nitrogens is 1. The van der Waals surface area contributed by atoms with Crippen molar-refractivity contribution >= 4 is 34.8 Å². The molecule has 78 valence electrons. The van der Waals surface area contributed by atoms with Crippen LogP contribution in [-0.2, 0) is 5.88 Å². The lowest BCUT2D eigenvalue weighted by Crippen LogP contribution is -1.79. The Hall–Kier alpha value is -0.700. The molecule has 0 fully saturated rings.